The largest absolute Gasteiger partial charge is 0.370 e. The summed E-state index contributed by atoms with van der Waals surface area (Å²) in [6, 6.07) is 14.6. The third-order valence-corrected chi connectivity index (χ3v) is 4.87. The molecule has 0 radical (unpaired) electrons. The van der Waals surface area contributed by atoms with Crippen molar-refractivity contribution >= 4 is 28.9 Å². The summed E-state index contributed by atoms with van der Waals surface area (Å²) >= 11 is 12.0. The summed E-state index contributed by atoms with van der Waals surface area (Å²) in [6.07, 6.45) is 1.34. The average Bonchev–Trinajstić information content (AvgIpc) is 2.47. The number of rotatable bonds is 5. The molecule has 1 fully saturated rings. The van der Waals surface area contributed by atoms with E-state index in [0.29, 0.717) is 10.0 Å². The van der Waals surface area contributed by atoms with Crippen molar-refractivity contribution in [2.75, 3.05) is 25.0 Å². The van der Waals surface area contributed by atoms with Gasteiger partial charge in [-0.3, -0.25) is 4.90 Å². The minimum absolute atomic E-state index is 0.600. The number of anilines is 1. The zero-order chi connectivity index (χ0) is 15.5. The molecule has 2 aromatic carbocycles. The fourth-order valence-corrected chi connectivity index (χ4v) is 2.98. The molecule has 1 aliphatic heterocycles. The molecule has 116 valence electrons. The summed E-state index contributed by atoms with van der Waals surface area (Å²) in [4.78, 5) is 4.68. The number of halogens is 2. The first kappa shape index (κ1) is 15.7. The third kappa shape index (κ3) is 3.75. The van der Waals surface area contributed by atoms with Gasteiger partial charge in [0.15, 0.2) is 0 Å². The number of nitrogens with zero attached hydrogens (tertiary/aromatic N) is 2. The maximum atomic E-state index is 6.08. The fourth-order valence-electron chi connectivity index (χ4n) is 2.66. The predicted octanol–water partition coefficient (Wildman–Crippen LogP) is 4.84. The standard InChI is InChI=1S/C18H20Cl2N2/c1-21(12-15-5-8-17(19)18(20)11-15)16-6-3-14(4-7-16)13-22-9-2-10-22/h3-8,11H,2,9-10,12-13H2,1H3. The highest BCUT2D eigenvalue weighted by molar-refractivity contribution is 6.42. The van der Waals surface area contributed by atoms with Crippen molar-refractivity contribution in [3.8, 4) is 0 Å². The molecule has 0 N–H and O–H groups in total. The smallest absolute Gasteiger partial charge is 0.0595 e. The Labute approximate surface area is 142 Å². The van der Waals surface area contributed by atoms with Crippen molar-refractivity contribution < 1.29 is 0 Å². The van der Waals surface area contributed by atoms with E-state index in [2.05, 4.69) is 41.1 Å². The van der Waals surface area contributed by atoms with E-state index in [1.54, 1.807) is 0 Å². The Hall–Kier alpha value is -1.22. The van der Waals surface area contributed by atoms with Crippen molar-refractivity contribution in [2.45, 2.75) is 19.5 Å². The molecular formula is C18H20Cl2N2. The lowest BCUT2D eigenvalue weighted by molar-refractivity contribution is 0.172. The van der Waals surface area contributed by atoms with Crippen LogP contribution in [0.3, 0.4) is 0 Å². The normalized spacial score (nSPS) is 14.7. The Kier molecular flexibility index (Phi) is 4.92. The van der Waals surface area contributed by atoms with Gasteiger partial charge in [0.25, 0.3) is 0 Å². The van der Waals surface area contributed by atoms with E-state index in [0.717, 1.165) is 18.7 Å². The Morgan fingerprint density at radius 3 is 2.23 bits per heavy atom. The van der Waals surface area contributed by atoms with Gasteiger partial charge in [0.05, 0.1) is 10.0 Å². The van der Waals surface area contributed by atoms with Gasteiger partial charge in [0.2, 0.25) is 0 Å². The number of hydrogen-bond acceptors (Lipinski definition) is 2. The van der Waals surface area contributed by atoms with Gasteiger partial charge in [-0.1, -0.05) is 41.4 Å². The molecule has 3 rings (SSSR count). The molecule has 1 saturated heterocycles. The van der Waals surface area contributed by atoms with E-state index in [9.17, 15) is 0 Å². The van der Waals surface area contributed by atoms with E-state index in [1.165, 1.54) is 30.8 Å². The quantitative estimate of drug-likeness (QED) is 0.772. The molecule has 0 aromatic heterocycles. The Morgan fingerprint density at radius 2 is 1.64 bits per heavy atom. The zero-order valence-electron chi connectivity index (χ0n) is 12.7. The van der Waals surface area contributed by atoms with E-state index >= 15 is 0 Å². The van der Waals surface area contributed by atoms with Crippen LogP contribution >= 0.6 is 23.2 Å². The fraction of sp³-hybridized carbons (Fsp3) is 0.333. The molecule has 0 spiro atoms. The first-order valence-corrected chi connectivity index (χ1v) is 8.34. The van der Waals surface area contributed by atoms with Gasteiger partial charge in [-0.2, -0.15) is 0 Å². The molecule has 0 bridgehead atoms. The van der Waals surface area contributed by atoms with Crippen LogP contribution in [0.25, 0.3) is 0 Å². The zero-order valence-corrected chi connectivity index (χ0v) is 14.2. The van der Waals surface area contributed by atoms with Gasteiger partial charge in [-0.05, 0) is 54.9 Å². The minimum Gasteiger partial charge on any atom is -0.370 e. The Bertz CT molecular complexity index is 636. The van der Waals surface area contributed by atoms with Crippen LogP contribution in [0.4, 0.5) is 5.69 Å². The van der Waals surface area contributed by atoms with Crippen LogP contribution in [0.5, 0.6) is 0 Å². The molecule has 2 nitrogen and oxygen atoms in total. The highest BCUT2D eigenvalue weighted by Crippen LogP contribution is 2.24. The van der Waals surface area contributed by atoms with Crippen LogP contribution in [0.1, 0.15) is 17.5 Å². The molecule has 1 aliphatic rings. The van der Waals surface area contributed by atoms with Crippen LogP contribution < -0.4 is 4.90 Å². The van der Waals surface area contributed by atoms with Crippen molar-refractivity contribution in [1.29, 1.82) is 0 Å². The van der Waals surface area contributed by atoms with Crippen LogP contribution in [0.15, 0.2) is 42.5 Å². The van der Waals surface area contributed by atoms with Gasteiger partial charge < -0.3 is 4.90 Å². The molecule has 4 heteroatoms. The molecule has 0 saturated carbocycles. The molecule has 0 unspecified atom stereocenters. The van der Waals surface area contributed by atoms with Crippen LogP contribution in [0.2, 0.25) is 10.0 Å². The van der Waals surface area contributed by atoms with Gasteiger partial charge in [-0.15, -0.1) is 0 Å². The Balaban J connectivity index is 1.63. The highest BCUT2D eigenvalue weighted by atomic mass is 35.5. The number of likely N-dealkylation sites (tertiary alicyclic amines) is 1. The maximum absolute atomic E-state index is 6.08. The summed E-state index contributed by atoms with van der Waals surface area (Å²) in [5.41, 5.74) is 3.74. The topological polar surface area (TPSA) is 6.48 Å². The second-order valence-corrected chi connectivity index (χ2v) is 6.72. The van der Waals surface area contributed by atoms with E-state index in [1.807, 2.05) is 18.2 Å². The Morgan fingerprint density at radius 1 is 0.955 bits per heavy atom. The summed E-state index contributed by atoms with van der Waals surface area (Å²) in [6.45, 7) is 4.34. The van der Waals surface area contributed by atoms with Crippen LogP contribution in [-0.4, -0.2) is 25.0 Å². The molecule has 22 heavy (non-hydrogen) atoms. The first-order valence-electron chi connectivity index (χ1n) is 7.58. The highest BCUT2D eigenvalue weighted by Gasteiger charge is 2.13. The second kappa shape index (κ2) is 6.91. The monoisotopic (exact) mass is 334 g/mol. The van der Waals surface area contributed by atoms with Crippen LogP contribution in [-0.2, 0) is 13.1 Å². The van der Waals surface area contributed by atoms with Gasteiger partial charge in [-0.25, -0.2) is 0 Å². The van der Waals surface area contributed by atoms with E-state index < -0.39 is 0 Å². The number of benzene rings is 2. The lowest BCUT2D eigenvalue weighted by Gasteiger charge is -2.30. The van der Waals surface area contributed by atoms with Crippen molar-refractivity contribution in [1.82, 2.24) is 4.90 Å². The van der Waals surface area contributed by atoms with Gasteiger partial charge in [0, 0.05) is 25.8 Å². The lowest BCUT2D eigenvalue weighted by Crippen LogP contribution is -2.36. The SMILES string of the molecule is CN(Cc1ccc(Cl)c(Cl)c1)c1ccc(CN2CCC2)cc1. The van der Waals surface area contributed by atoms with E-state index in [-0.39, 0.29) is 0 Å². The molecule has 1 heterocycles. The lowest BCUT2D eigenvalue weighted by atomic mass is 10.1. The predicted molar refractivity (Wildman–Crippen MR) is 94.9 cm³/mol. The summed E-state index contributed by atoms with van der Waals surface area (Å²) in [7, 11) is 2.09. The molecular weight excluding hydrogens is 315 g/mol. The minimum atomic E-state index is 0.600. The third-order valence-electron chi connectivity index (χ3n) is 4.14. The van der Waals surface area contributed by atoms with Crippen molar-refractivity contribution in [3.63, 3.8) is 0 Å². The van der Waals surface area contributed by atoms with E-state index in [4.69, 9.17) is 23.2 Å². The molecule has 0 aliphatic carbocycles. The van der Waals surface area contributed by atoms with Gasteiger partial charge >= 0.3 is 0 Å². The summed E-state index contributed by atoms with van der Waals surface area (Å²) in [5, 5.41) is 1.21. The average molecular weight is 335 g/mol. The molecule has 2 aromatic rings. The van der Waals surface area contributed by atoms with Gasteiger partial charge in [0.1, 0.15) is 0 Å². The number of hydrogen-bond donors (Lipinski definition) is 0. The second-order valence-electron chi connectivity index (χ2n) is 5.90. The van der Waals surface area contributed by atoms with Crippen molar-refractivity contribution in [3.05, 3.63) is 63.6 Å². The summed E-state index contributed by atoms with van der Waals surface area (Å²) < 4.78 is 0. The first-order chi connectivity index (χ1) is 10.6. The summed E-state index contributed by atoms with van der Waals surface area (Å²) in [5.74, 6) is 0. The molecule has 0 atom stereocenters. The molecule has 0 amide bonds. The van der Waals surface area contributed by atoms with Crippen molar-refractivity contribution in [2.24, 2.45) is 0 Å². The van der Waals surface area contributed by atoms with Crippen LogP contribution in [0, 0.1) is 0 Å². The maximum Gasteiger partial charge on any atom is 0.0595 e.